The summed E-state index contributed by atoms with van der Waals surface area (Å²) in [5, 5.41) is 14.0. The third kappa shape index (κ3) is 5.42. The first kappa shape index (κ1) is 16.8. The lowest BCUT2D eigenvalue weighted by atomic mass is 10.2. The summed E-state index contributed by atoms with van der Waals surface area (Å²) < 4.78 is 0.605. The molecule has 0 aliphatic carbocycles. The third-order valence-electron chi connectivity index (χ3n) is 3.14. The van der Waals surface area contributed by atoms with Crippen LogP contribution in [0.25, 0.3) is 0 Å². The second-order valence-corrected chi connectivity index (χ2v) is 5.90. The highest BCUT2D eigenvalue weighted by Crippen LogP contribution is 2.25. The largest absolute Gasteiger partial charge is 0.364 e. The highest BCUT2D eigenvalue weighted by Gasteiger charge is 2.15. The Bertz CT molecular complexity index is 454. The van der Waals surface area contributed by atoms with E-state index in [-0.39, 0.29) is 5.69 Å². The maximum absolute atomic E-state index is 10.9. The number of rotatable bonds is 8. The molecule has 0 fully saturated rings. The molecule has 1 N–H and O–H groups in total. The number of unbranched alkanes of at least 4 members (excludes halogenated alkanes) is 1. The Labute approximate surface area is 127 Å². The molecule has 0 saturated heterocycles. The number of nitro groups is 1. The Morgan fingerprint density at radius 3 is 2.80 bits per heavy atom. The second-order valence-electron chi connectivity index (χ2n) is 4.99. The van der Waals surface area contributed by atoms with E-state index in [4.69, 9.17) is 0 Å². The molecule has 0 saturated carbocycles. The fourth-order valence-electron chi connectivity index (χ4n) is 1.66. The van der Waals surface area contributed by atoms with Gasteiger partial charge in [-0.1, -0.05) is 0 Å². The minimum absolute atomic E-state index is 0.00123. The Morgan fingerprint density at radius 1 is 1.50 bits per heavy atom. The molecule has 1 rings (SSSR count). The van der Waals surface area contributed by atoms with E-state index in [9.17, 15) is 10.1 Å². The van der Waals surface area contributed by atoms with Crippen LogP contribution in [-0.2, 0) is 0 Å². The molecule has 6 nitrogen and oxygen atoms in total. The first-order chi connectivity index (χ1) is 9.41. The van der Waals surface area contributed by atoms with Crippen molar-refractivity contribution >= 4 is 27.4 Å². The quantitative estimate of drug-likeness (QED) is 0.445. The number of anilines is 1. The summed E-state index contributed by atoms with van der Waals surface area (Å²) in [5.41, 5.74) is -0.00123. The summed E-state index contributed by atoms with van der Waals surface area (Å²) in [6.07, 6.45) is 3.56. The molecular weight excluding hydrogens is 324 g/mol. The summed E-state index contributed by atoms with van der Waals surface area (Å²) >= 11 is 3.19. The summed E-state index contributed by atoms with van der Waals surface area (Å²) in [4.78, 5) is 16.8. The minimum Gasteiger partial charge on any atom is -0.364 e. The van der Waals surface area contributed by atoms with E-state index in [0.29, 0.717) is 22.9 Å². The van der Waals surface area contributed by atoms with Crippen LogP contribution in [0.4, 0.5) is 11.5 Å². The normalized spacial score (nSPS) is 11.1. The van der Waals surface area contributed by atoms with Crippen LogP contribution in [0.2, 0.25) is 0 Å². The van der Waals surface area contributed by atoms with Crippen molar-refractivity contribution in [2.75, 3.05) is 25.5 Å². The van der Waals surface area contributed by atoms with Gasteiger partial charge >= 0.3 is 5.69 Å². The topological polar surface area (TPSA) is 71.3 Å². The summed E-state index contributed by atoms with van der Waals surface area (Å²) in [6, 6.07) is 2.00. The predicted octanol–water partition coefficient (Wildman–Crippen LogP) is 3.28. The highest BCUT2D eigenvalue weighted by atomic mass is 79.9. The van der Waals surface area contributed by atoms with Crippen molar-refractivity contribution in [3.63, 3.8) is 0 Å². The fraction of sp³-hybridized carbons (Fsp3) is 0.615. The van der Waals surface area contributed by atoms with Gasteiger partial charge in [0.15, 0.2) is 0 Å². The Morgan fingerprint density at radius 2 is 2.20 bits per heavy atom. The van der Waals surface area contributed by atoms with Gasteiger partial charge in [-0.05, 0) is 56.2 Å². The van der Waals surface area contributed by atoms with Gasteiger partial charge in [-0.3, -0.25) is 10.1 Å². The SMILES string of the molecule is CC(C)N(C)CCCCNc1ncc(Br)cc1[N+](=O)[O-]. The maximum Gasteiger partial charge on any atom is 0.312 e. The van der Waals surface area contributed by atoms with Crippen molar-refractivity contribution in [2.45, 2.75) is 32.7 Å². The summed E-state index contributed by atoms with van der Waals surface area (Å²) in [5.74, 6) is 0.329. The molecule has 7 heteroatoms. The zero-order valence-electron chi connectivity index (χ0n) is 12.1. The van der Waals surface area contributed by atoms with Crippen LogP contribution in [-0.4, -0.2) is 41.0 Å². The minimum atomic E-state index is -0.424. The average molecular weight is 345 g/mol. The van der Waals surface area contributed by atoms with Gasteiger partial charge in [-0.25, -0.2) is 4.98 Å². The molecule has 0 spiro atoms. The monoisotopic (exact) mass is 344 g/mol. The number of nitrogens with zero attached hydrogens (tertiary/aromatic N) is 3. The van der Waals surface area contributed by atoms with E-state index in [1.54, 1.807) is 6.20 Å². The second kappa shape index (κ2) is 8.16. The molecule has 20 heavy (non-hydrogen) atoms. The molecule has 0 bridgehead atoms. The fourth-order valence-corrected chi connectivity index (χ4v) is 1.97. The maximum atomic E-state index is 10.9. The van der Waals surface area contributed by atoms with Crippen LogP contribution < -0.4 is 5.32 Å². The number of hydrogen-bond acceptors (Lipinski definition) is 5. The molecule has 112 valence electrons. The van der Waals surface area contributed by atoms with E-state index < -0.39 is 4.92 Å². The zero-order valence-corrected chi connectivity index (χ0v) is 13.7. The molecule has 0 aliphatic heterocycles. The molecule has 1 aromatic heterocycles. The number of halogens is 1. The molecule has 0 amide bonds. The van der Waals surface area contributed by atoms with Crippen LogP contribution >= 0.6 is 15.9 Å². The van der Waals surface area contributed by atoms with Crippen LogP contribution in [0.1, 0.15) is 26.7 Å². The molecule has 1 heterocycles. The van der Waals surface area contributed by atoms with Gasteiger partial charge in [-0.15, -0.1) is 0 Å². The van der Waals surface area contributed by atoms with Gasteiger partial charge in [0.05, 0.1) is 4.92 Å². The molecule has 0 aromatic carbocycles. The van der Waals surface area contributed by atoms with Gasteiger partial charge < -0.3 is 10.2 Å². The predicted molar refractivity (Wildman–Crippen MR) is 84.1 cm³/mol. The highest BCUT2D eigenvalue weighted by molar-refractivity contribution is 9.10. The Balaban J connectivity index is 2.41. The lowest BCUT2D eigenvalue weighted by molar-refractivity contribution is -0.384. The van der Waals surface area contributed by atoms with Gasteiger partial charge in [0, 0.05) is 29.3 Å². The van der Waals surface area contributed by atoms with Crippen LogP contribution in [0.15, 0.2) is 16.7 Å². The molecule has 0 radical (unpaired) electrons. The van der Waals surface area contributed by atoms with E-state index in [1.807, 2.05) is 0 Å². The van der Waals surface area contributed by atoms with Crippen LogP contribution in [0.5, 0.6) is 0 Å². The van der Waals surface area contributed by atoms with Gasteiger partial charge in [0.1, 0.15) is 0 Å². The first-order valence-electron chi connectivity index (χ1n) is 6.66. The average Bonchev–Trinajstić information content (AvgIpc) is 2.39. The standard InChI is InChI=1S/C13H21BrN4O2/c1-10(2)17(3)7-5-4-6-15-13-12(18(19)20)8-11(14)9-16-13/h8-10H,4-7H2,1-3H3,(H,15,16). The van der Waals surface area contributed by atoms with E-state index in [0.717, 1.165) is 19.4 Å². The van der Waals surface area contributed by atoms with E-state index in [2.05, 4.69) is 52.0 Å². The van der Waals surface area contributed by atoms with Crippen molar-refractivity contribution in [3.05, 3.63) is 26.9 Å². The summed E-state index contributed by atoms with van der Waals surface area (Å²) in [7, 11) is 2.10. The molecule has 0 unspecified atom stereocenters. The Kier molecular flexibility index (Phi) is 6.87. The van der Waals surface area contributed by atoms with Crippen molar-refractivity contribution < 1.29 is 4.92 Å². The third-order valence-corrected chi connectivity index (χ3v) is 3.58. The smallest absolute Gasteiger partial charge is 0.312 e. The molecule has 0 aliphatic rings. The van der Waals surface area contributed by atoms with Crippen molar-refractivity contribution in [2.24, 2.45) is 0 Å². The van der Waals surface area contributed by atoms with E-state index in [1.165, 1.54) is 6.07 Å². The molecule has 1 aromatic rings. The zero-order chi connectivity index (χ0) is 15.1. The van der Waals surface area contributed by atoms with Crippen molar-refractivity contribution in [1.29, 1.82) is 0 Å². The molecule has 0 atom stereocenters. The van der Waals surface area contributed by atoms with Gasteiger partial charge in [0.2, 0.25) is 5.82 Å². The summed E-state index contributed by atoms with van der Waals surface area (Å²) in [6.45, 7) is 6.03. The number of hydrogen-bond donors (Lipinski definition) is 1. The number of pyridine rings is 1. The lowest BCUT2D eigenvalue weighted by Gasteiger charge is -2.20. The van der Waals surface area contributed by atoms with Gasteiger partial charge in [0.25, 0.3) is 0 Å². The van der Waals surface area contributed by atoms with Crippen LogP contribution in [0, 0.1) is 10.1 Å². The lowest BCUT2D eigenvalue weighted by Crippen LogP contribution is -2.27. The van der Waals surface area contributed by atoms with Crippen LogP contribution in [0.3, 0.4) is 0 Å². The molecular formula is C13H21BrN4O2. The van der Waals surface area contributed by atoms with E-state index >= 15 is 0 Å². The van der Waals surface area contributed by atoms with Crippen molar-refractivity contribution in [3.8, 4) is 0 Å². The first-order valence-corrected chi connectivity index (χ1v) is 7.45. The Hall–Kier alpha value is -1.21. The van der Waals surface area contributed by atoms with Gasteiger partial charge in [-0.2, -0.15) is 0 Å². The number of nitrogens with one attached hydrogen (secondary N) is 1. The van der Waals surface area contributed by atoms with Crippen molar-refractivity contribution in [1.82, 2.24) is 9.88 Å². The number of aromatic nitrogens is 1.